The predicted octanol–water partition coefficient (Wildman–Crippen LogP) is 5.03. The zero-order chi connectivity index (χ0) is 19.8. The number of carbonyl (C=O) groups is 1. The number of nitrogens with one attached hydrogen (secondary N) is 1. The number of amides is 1. The Morgan fingerprint density at radius 2 is 1.76 bits per heavy atom. The van der Waals surface area contributed by atoms with Crippen molar-refractivity contribution in [3.63, 3.8) is 0 Å². The minimum absolute atomic E-state index is 0.0565. The minimum Gasteiger partial charge on any atom is -0.312 e. The van der Waals surface area contributed by atoms with Crippen molar-refractivity contribution >= 4 is 5.91 Å². The molecule has 0 aromatic heterocycles. The van der Waals surface area contributed by atoms with Crippen molar-refractivity contribution in [3.8, 4) is 0 Å². The standard InChI is InChI=1S/C25H27FN2O/c26-19-14-12-17(13-15-19)16-27-24-21-9-3-4-10-22(21)25(29)28(24)23-11-5-7-18-6-1-2-8-20(18)23/h1-2,6,8,12-15,23-24,27H,3-5,7,9-11,16H2. The van der Waals surface area contributed by atoms with Gasteiger partial charge in [-0.05, 0) is 79.3 Å². The number of benzene rings is 2. The van der Waals surface area contributed by atoms with Crippen molar-refractivity contribution in [1.29, 1.82) is 0 Å². The summed E-state index contributed by atoms with van der Waals surface area (Å²) in [4.78, 5) is 15.6. The molecule has 0 radical (unpaired) electrons. The Bertz CT molecular complexity index is 950. The van der Waals surface area contributed by atoms with Gasteiger partial charge in [-0.15, -0.1) is 0 Å². The van der Waals surface area contributed by atoms with Crippen molar-refractivity contribution in [2.24, 2.45) is 0 Å². The van der Waals surface area contributed by atoms with E-state index in [2.05, 4.69) is 34.5 Å². The summed E-state index contributed by atoms with van der Waals surface area (Å²) in [7, 11) is 0. The molecule has 1 N–H and O–H groups in total. The summed E-state index contributed by atoms with van der Waals surface area (Å²) in [6.45, 7) is 0.625. The first kappa shape index (κ1) is 18.6. The van der Waals surface area contributed by atoms with Crippen molar-refractivity contribution in [1.82, 2.24) is 10.2 Å². The molecule has 3 aliphatic rings. The van der Waals surface area contributed by atoms with Crippen LogP contribution in [0.2, 0.25) is 0 Å². The summed E-state index contributed by atoms with van der Waals surface area (Å²) in [5.74, 6) is 0.000479. The van der Waals surface area contributed by atoms with E-state index in [4.69, 9.17) is 0 Å². The van der Waals surface area contributed by atoms with Gasteiger partial charge >= 0.3 is 0 Å². The second kappa shape index (κ2) is 7.75. The first-order chi connectivity index (χ1) is 14.2. The van der Waals surface area contributed by atoms with Crippen molar-refractivity contribution < 1.29 is 9.18 Å². The number of aryl methyl sites for hydroxylation is 1. The fraction of sp³-hybridized carbons (Fsp3) is 0.400. The van der Waals surface area contributed by atoms with E-state index in [1.165, 1.54) is 28.8 Å². The Balaban J connectivity index is 1.46. The Kier molecular flexibility index (Phi) is 4.96. The van der Waals surface area contributed by atoms with Gasteiger partial charge in [-0.2, -0.15) is 0 Å². The average Bonchev–Trinajstić information content (AvgIpc) is 3.05. The molecule has 1 aliphatic heterocycles. The minimum atomic E-state index is -0.220. The molecule has 0 spiro atoms. The van der Waals surface area contributed by atoms with Gasteiger partial charge in [0.1, 0.15) is 12.0 Å². The summed E-state index contributed by atoms with van der Waals surface area (Å²) < 4.78 is 13.3. The molecule has 0 saturated heterocycles. The highest BCUT2D eigenvalue weighted by atomic mass is 19.1. The molecule has 0 saturated carbocycles. The lowest BCUT2D eigenvalue weighted by Gasteiger charge is -2.38. The topological polar surface area (TPSA) is 32.3 Å². The van der Waals surface area contributed by atoms with Crippen LogP contribution in [-0.2, 0) is 17.8 Å². The SMILES string of the molecule is O=C1C2=C(CCCC2)C(NCc2ccc(F)cc2)N1C1CCCc2ccccc21. The summed E-state index contributed by atoms with van der Waals surface area (Å²) in [5, 5.41) is 3.65. The van der Waals surface area contributed by atoms with Gasteiger partial charge < -0.3 is 4.90 Å². The average molecular weight is 391 g/mol. The van der Waals surface area contributed by atoms with Crippen LogP contribution < -0.4 is 5.32 Å². The van der Waals surface area contributed by atoms with Gasteiger partial charge in [0.15, 0.2) is 0 Å². The highest BCUT2D eigenvalue weighted by Crippen LogP contribution is 2.43. The number of hydrogen-bond donors (Lipinski definition) is 1. The van der Waals surface area contributed by atoms with E-state index in [0.717, 1.165) is 56.1 Å². The van der Waals surface area contributed by atoms with Crippen LogP contribution in [0.3, 0.4) is 0 Å². The fourth-order valence-corrected chi connectivity index (χ4v) is 5.29. The van der Waals surface area contributed by atoms with Gasteiger partial charge in [-0.25, -0.2) is 4.39 Å². The lowest BCUT2D eigenvalue weighted by Crippen LogP contribution is -2.47. The smallest absolute Gasteiger partial charge is 0.251 e. The Labute approximate surface area is 171 Å². The van der Waals surface area contributed by atoms with Crippen molar-refractivity contribution in [2.45, 2.75) is 63.7 Å². The maximum Gasteiger partial charge on any atom is 0.251 e. The van der Waals surface area contributed by atoms with E-state index in [-0.39, 0.29) is 23.9 Å². The van der Waals surface area contributed by atoms with Crippen LogP contribution in [0.5, 0.6) is 0 Å². The van der Waals surface area contributed by atoms with Crippen LogP contribution in [0.1, 0.15) is 61.3 Å². The largest absolute Gasteiger partial charge is 0.312 e. The number of fused-ring (bicyclic) bond motifs is 1. The number of rotatable bonds is 4. The quantitative estimate of drug-likeness (QED) is 0.794. The third-order valence-corrected chi connectivity index (χ3v) is 6.70. The summed E-state index contributed by atoms with van der Waals surface area (Å²) in [5.41, 5.74) is 6.04. The lowest BCUT2D eigenvalue weighted by molar-refractivity contribution is -0.130. The van der Waals surface area contributed by atoms with Crippen LogP contribution in [0.15, 0.2) is 59.7 Å². The fourth-order valence-electron chi connectivity index (χ4n) is 5.29. The second-order valence-corrected chi connectivity index (χ2v) is 8.44. The van der Waals surface area contributed by atoms with Gasteiger partial charge in [0.25, 0.3) is 5.91 Å². The summed E-state index contributed by atoms with van der Waals surface area (Å²) >= 11 is 0. The van der Waals surface area contributed by atoms with Gasteiger partial charge in [0, 0.05) is 12.1 Å². The van der Waals surface area contributed by atoms with E-state index in [9.17, 15) is 9.18 Å². The number of nitrogens with zero attached hydrogens (tertiary/aromatic N) is 1. The molecule has 3 nitrogen and oxygen atoms in total. The molecule has 2 aromatic rings. The molecule has 2 aromatic carbocycles. The molecule has 150 valence electrons. The van der Waals surface area contributed by atoms with Crippen molar-refractivity contribution in [3.05, 3.63) is 82.2 Å². The summed E-state index contributed by atoms with van der Waals surface area (Å²) in [6, 6.07) is 15.3. The van der Waals surface area contributed by atoms with E-state index in [1.54, 1.807) is 0 Å². The first-order valence-corrected chi connectivity index (χ1v) is 10.8. The normalized spacial score (nSPS) is 23.9. The van der Waals surface area contributed by atoms with Gasteiger partial charge in [-0.1, -0.05) is 36.4 Å². The molecule has 29 heavy (non-hydrogen) atoms. The molecule has 2 aliphatic carbocycles. The second-order valence-electron chi connectivity index (χ2n) is 8.44. The number of hydrogen-bond acceptors (Lipinski definition) is 2. The van der Waals surface area contributed by atoms with E-state index in [1.807, 2.05) is 12.1 Å². The molecule has 4 heteroatoms. The van der Waals surface area contributed by atoms with Crippen LogP contribution in [0.4, 0.5) is 4.39 Å². The molecule has 5 rings (SSSR count). The van der Waals surface area contributed by atoms with E-state index >= 15 is 0 Å². The van der Waals surface area contributed by atoms with Crippen molar-refractivity contribution in [2.75, 3.05) is 0 Å². The molecule has 2 unspecified atom stereocenters. The lowest BCUT2D eigenvalue weighted by atomic mass is 9.86. The molecule has 0 bridgehead atoms. The first-order valence-electron chi connectivity index (χ1n) is 10.8. The Hall–Kier alpha value is -2.46. The van der Waals surface area contributed by atoms with Gasteiger partial charge in [0.05, 0.1) is 6.04 Å². The molecular formula is C25H27FN2O. The van der Waals surface area contributed by atoms with Crippen LogP contribution in [0.25, 0.3) is 0 Å². The van der Waals surface area contributed by atoms with Gasteiger partial charge in [0.2, 0.25) is 0 Å². The highest BCUT2D eigenvalue weighted by Gasteiger charge is 2.44. The number of carbonyl (C=O) groups excluding carboxylic acids is 1. The molecular weight excluding hydrogens is 363 g/mol. The van der Waals surface area contributed by atoms with Crippen LogP contribution in [-0.4, -0.2) is 17.0 Å². The number of halogens is 1. The van der Waals surface area contributed by atoms with E-state index in [0.29, 0.717) is 6.54 Å². The van der Waals surface area contributed by atoms with Crippen LogP contribution in [0, 0.1) is 5.82 Å². The molecule has 1 heterocycles. The molecule has 1 amide bonds. The van der Waals surface area contributed by atoms with Gasteiger partial charge in [-0.3, -0.25) is 10.1 Å². The maximum atomic E-state index is 13.5. The third kappa shape index (κ3) is 3.40. The Morgan fingerprint density at radius 3 is 2.62 bits per heavy atom. The van der Waals surface area contributed by atoms with Crippen LogP contribution >= 0.6 is 0 Å². The van der Waals surface area contributed by atoms with E-state index < -0.39 is 0 Å². The maximum absolute atomic E-state index is 13.5. The monoisotopic (exact) mass is 390 g/mol. The zero-order valence-electron chi connectivity index (χ0n) is 16.7. The molecule has 2 atom stereocenters. The highest BCUT2D eigenvalue weighted by molar-refractivity contribution is 5.98. The summed E-state index contributed by atoms with van der Waals surface area (Å²) in [6.07, 6.45) is 7.30. The predicted molar refractivity (Wildman–Crippen MR) is 111 cm³/mol. The molecule has 0 fully saturated rings. The third-order valence-electron chi connectivity index (χ3n) is 6.70. The Morgan fingerprint density at radius 1 is 0.966 bits per heavy atom. The zero-order valence-corrected chi connectivity index (χ0v) is 16.7.